The number of nitro benzene ring substituents is 1. The van der Waals surface area contributed by atoms with E-state index in [1.54, 1.807) is 42.5 Å². The Balaban J connectivity index is 1.64. The normalized spacial score (nSPS) is 10.1. The number of amides is 1. The number of rotatable bonds is 8. The summed E-state index contributed by atoms with van der Waals surface area (Å²) in [6, 6.07) is 19.2. The maximum Gasteiger partial charge on any atom is 0.342 e. The number of methoxy groups -OCH3 is 1. The van der Waals surface area contributed by atoms with Crippen molar-refractivity contribution >= 4 is 23.3 Å². The molecule has 0 saturated heterocycles. The molecule has 9 nitrogen and oxygen atoms in total. The predicted molar refractivity (Wildman–Crippen MR) is 112 cm³/mol. The molecule has 0 atom stereocenters. The number of nitrogens with one attached hydrogen (secondary N) is 1. The average molecular weight is 422 g/mol. The molecule has 0 aliphatic rings. The lowest BCUT2D eigenvalue weighted by molar-refractivity contribution is -0.384. The summed E-state index contributed by atoms with van der Waals surface area (Å²) in [5.41, 5.74) is 0.185. The van der Waals surface area contributed by atoms with Crippen LogP contribution in [0.4, 0.5) is 11.4 Å². The number of carbonyl (C=O) groups is 2. The molecule has 0 unspecified atom stereocenters. The first-order valence-corrected chi connectivity index (χ1v) is 9.09. The molecule has 158 valence electrons. The van der Waals surface area contributed by atoms with E-state index in [1.807, 2.05) is 6.07 Å². The van der Waals surface area contributed by atoms with Gasteiger partial charge in [0, 0.05) is 6.07 Å². The van der Waals surface area contributed by atoms with Crippen molar-refractivity contribution in [3.8, 4) is 17.2 Å². The van der Waals surface area contributed by atoms with Crippen LogP contribution in [0.2, 0.25) is 0 Å². The van der Waals surface area contributed by atoms with E-state index >= 15 is 0 Å². The van der Waals surface area contributed by atoms with Crippen molar-refractivity contribution in [3.05, 3.63) is 88.5 Å². The molecule has 0 spiro atoms. The quantitative estimate of drug-likeness (QED) is 0.329. The van der Waals surface area contributed by atoms with Crippen molar-refractivity contribution in [1.82, 2.24) is 0 Å². The molecule has 1 amide bonds. The van der Waals surface area contributed by atoms with Gasteiger partial charge in [0.05, 0.1) is 23.8 Å². The van der Waals surface area contributed by atoms with Crippen LogP contribution in [0.3, 0.4) is 0 Å². The lowest BCUT2D eigenvalue weighted by atomic mass is 10.2. The first-order valence-electron chi connectivity index (χ1n) is 9.09. The Kier molecular flexibility index (Phi) is 6.79. The number of esters is 1. The number of nitrogens with zero attached hydrogens (tertiary/aromatic N) is 1. The fourth-order valence-electron chi connectivity index (χ4n) is 2.63. The van der Waals surface area contributed by atoms with Gasteiger partial charge in [-0.1, -0.05) is 30.3 Å². The van der Waals surface area contributed by atoms with E-state index in [4.69, 9.17) is 14.2 Å². The van der Waals surface area contributed by atoms with Gasteiger partial charge in [-0.15, -0.1) is 0 Å². The van der Waals surface area contributed by atoms with E-state index in [-0.39, 0.29) is 28.4 Å². The number of hydrogen-bond donors (Lipinski definition) is 1. The van der Waals surface area contributed by atoms with Crippen molar-refractivity contribution in [2.45, 2.75) is 0 Å². The molecule has 0 bridgehead atoms. The van der Waals surface area contributed by atoms with Gasteiger partial charge in [-0.2, -0.15) is 0 Å². The van der Waals surface area contributed by atoms with Crippen LogP contribution >= 0.6 is 0 Å². The summed E-state index contributed by atoms with van der Waals surface area (Å²) < 4.78 is 15.9. The maximum atomic E-state index is 12.5. The minimum Gasteiger partial charge on any atom is -0.494 e. The molecule has 3 aromatic rings. The molecule has 0 fully saturated rings. The third kappa shape index (κ3) is 5.57. The Morgan fingerprint density at radius 2 is 1.68 bits per heavy atom. The molecular formula is C22H18N2O7. The summed E-state index contributed by atoms with van der Waals surface area (Å²) in [4.78, 5) is 34.9. The highest BCUT2D eigenvalue weighted by atomic mass is 16.6. The van der Waals surface area contributed by atoms with Gasteiger partial charge >= 0.3 is 5.97 Å². The van der Waals surface area contributed by atoms with Gasteiger partial charge in [-0.3, -0.25) is 14.9 Å². The zero-order valence-electron chi connectivity index (χ0n) is 16.4. The third-order valence-corrected chi connectivity index (χ3v) is 4.08. The Hall–Kier alpha value is -4.40. The topological polar surface area (TPSA) is 117 Å². The third-order valence-electron chi connectivity index (χ3n) is 4.08. The number of para-hydroxylation sites is 2. The van der Waals surface area contributed by atoms with E-state index in [0.29, 0.717) is 5.75 Å². The van der Waals surface area contributed by atoms with Gasteiger partial charge < -0.3 is 19.5 Å². The van der Waals surface area contributed by atoms with Crippen molar-refractivity contribution < 1.29 is 28.7 Å². The first kappa shape index (κ1) is 21.3. The van der Waals surface area contributed by atoms with Crippen molar-refractivity contribution in [2.24, 2.45) is 0 Å². The predicted octanol–water partition coefficient (Wildman–Crippen LogP) is 4.19. The van der Waals surface area contributed by atoms with Gasteiger partial charge in [0.2, 0.25) is 0 Å². The SMILES string of the molecule is COc1cc([N+](=O)[O-])ccc1NC(=O)COC(=O)c1ccccc1Oc1ccccc1. The monoisotopic (exact) mass is 422 g/mol. The molecule has 3 aromatic carbocycles. The molecule has 0 saturated carbocycles. The van der Waals surface area contributed by atoms with E-state index in [1.165, 1.54) is 31.4 Å². The maximum absolute atomic E-state index is 12.5. The van der Waals surface area contributed by atoms with Crippen molar-refractivity contribution in [3.63, 3.8) is 0 Å². The summed E-state index contributed by atoms with van der Waals surface area (Å²) in [6.45, 7) is -0.571. The molecule has 1 N–H and O–H groups in total. The number of non-ortho nitro benzene ring substituents is 1. The number of nitro groups is 1. The van der Waals surface area contributed by atoms with Crippen LogP contribution in [-0.4, -0.2) is 30.5 Å². The molecule has 0 radical (unpaired) electrons. The lowest BCUT2D eigenvalue weighted by Gasteiger charge is -2.12. The van der Waals surface area contributed by atoms with Crippen LogP contribution in [0.15, 0.2) is 72.8 Å². The summed E-state index contributed by atoms with van der Waals surface area (Å²) in [7, 11) is 1.32. The second-order valence-corrected chi connectivity index (χ2v) is 6.18. The van der Waals surface area contributed by atoms with Crippen LogP contribution in [0.1, 0.15) is 10.4 Å². The van der Waals surface area contributed by atoms with Crippen molar-refractivity contribution in [2.75, 3.05) is 19.0 Å². The van der Waals surface area contributed by atoms with Gasteiger partial charge in [0.1, 0.15) is 22.8 Å². The number of benzene rings is 3. The van der Waals surface area contributed by atoms with E-state index in [9.17, 15) is 19.7 Å². The standard InChI is InChI=1S/C22H18N2O7/c1-29-20-13-15(24(27)28)11-12-18(20)23-21(25)14-30-22(26)17-9-5-6-10-19(17)31-16-7-3-2-4-8-16/h2-13H,14H2,1H3,(H,23,25). The van der Waals surface area contributed by atoms with Gasteiger partial charge in [0.25, 0.3) is 11.6 Å². The molecule has 0 heterocycles. The zero-order valence-corrected chi connectivity index (χ0v) is 16.4. The fourth-order valence-corrected chi connectivity index (χ4v) is 2.63. The van der Waals surface area contributed by atoms with E-state index < -0.39 is 23.4 Å². The molecular weight excluding hydrogens is 404 g/mol. The highest BCUT2D eigenvalue weighted by Crippen LogP contribution is 2.29. The number of carbonyl (C=O) groups excluding carboxylic acids is 2. The number of ether oxygens (including phenoxy) is 3. The molecule has 9 heteroatoms. The fraction of sp³-hybridized carbons (Fsp3) is 0.0909. The molecule has 0 aromatic heterocycles. The molecule has 0 aliphatic carbocycles. The lowest BCUT2D eigenvalue weighted by Crippen LogP contribution is -2.21. The number of anilines is 1. The Bertz CT molecular complexity index is 1100. The van der Waals surface area contributed by atoms with Gasteiger partial charge in [0.15, 0.2) is 6.61 Å². The molecule has 3 rings (SSSR count). The van der Waals surface area contributed by atoms with Crippen LogP contribution in [0, 0.1) is 10.1 Å². The van der Waals surface area contributed by atoms with Crippen LogP contribution in [0.5, 0.6) is 17.2 Å². The van der Waals surface area contributed by atoms with Crippen LogP contribution in [0.25, 0.3) is 0 Å². The van der Waals surface area contributed by atoms with Crippen LogP contribution < -0.4 is 14.8 Å². The molecule has 0 aliphatic heterocycles. The average Bonchev–Trinajstić information content (AvgIpc) is 2.78. The summed E-state index contributed by atoms with van der Waals surface area (Å²) in [5.74, 6) is -0.434. The first-order chi connectivity index (χ1) is 15.0. The Morgan fingerprint density at radius 3 is 2.39 bits per heavy atom. The Labute approximate surface area is 177 Å². The van der Waals surface area contributed by atoms with Gasteiger partial charge in [-0.05, 0) is 30.3 Å². The highest BCUT2D eigenvalue weighted by Gasteiger charge is 2.17. The second-order valence-electron chi connectivity index (χ2n) is 6.18. The summed E-state index contributed by atoms with van der Waals surface area (Å²) >= 11 is 0. The smallest absolute Gasteiger partial charge is 0.342 e. The van der Waals surface area contributed by atoms with Crippen LogP contribution in [-0.2, 0) is 9.53 Å². The Morgan fingerprint density at radius 1 is 0.968 bits per heavy atom. The largest absolute Gasteiger partial charge is 0.494 e. The molecule has 31 heavy (non-hydrogen) atoms. The number of hydrogen-bond acceptors (Lipinski definition) is 7. The summed E-state index contributed by atoms with van der Waals surface area (Å²) in [5, 5.41) is 13.3. The zero-order chi connectivity index (χ0) is 22.2. The highest BCUT2D eigenvalue weighted by molar-refractivity contribution is 5.97. The minimum absolute atomic E-state index is 0.107. The van der Waals surface area contributed by atoms with Gasteiger partial charge in [-0.25, -0.2) is 4.79 Å². The minimum atomic E-state index is -0.739. The second kappa shape index (κ2) is 9.88. The van der Waals surface area contributed by atoms with E-state index in [0.717, 1.165) is 0 Å². The summed E-state index contributed by atoms with van der Waals surface area (Å²) in [6.07, 6.45) is 0. The van der Waals surface area contributed by atoms with E-state index in [2.05, 4.69) is 5.32 Å². The van der Waals surface area contributed by atoms with Crippen molar-refractivity contribution in [1.29, 1.82) is 0 Å².